The van der Waals surface area contributed by atoms with Gasteiger partial charge in [0.2, 0.25) is 0 Å². The molecule has 1 atom stereocenters. The van der Waals surface area contributed by atoms with Gasteiger partial charge in [-0.05, 0) is 19.1 Å². The van der Waals surface area contributed by atoms with E-state index in [0.717, 1.165) is 26.2 Å². The number of nitrogens with one attached hydrogen (secondary N) is 1. The summed E-state index contributed by atoms with van der Waals surface area (Å²) in [7, 11) is -3.24. The van der Waals surface area contributed by atoms with Gasteiger partial charge in [-0.1, -0.05) is 18.2 Å². The molecular weight excluding hydrogens is 236 g/mol. The van der Waals surface area contributed by atoms with Crippen LogP contribution in [0.1, 0.15) is 6.92 Å². The van der Waals surface area contributed by atoms with Crippen molar-refractivity contribution in [3.05, 3.63) is 30.3 Å². The molecule has 1 heterocycles. The Morgan fingerprint density at radius 2 is 1.76 bits per heavy atom. The van der Waals surface area contributed by atoms with Gasteiger partial charge in [-0.15, -0.1) is 0 Å². The van der Waals surface area contributed by atoms with Crippen LogP contribution in [-0.2, 0) is 9.84 Å². The predicted octanol–water partition coefficient (Wildman–Crippen LogP) is 0.712. The van der Waals surface area contributed by atoms with Crippen LogP contribution < -0.4 is 5.32 Å². The van der Waals surface area contributed by atoms with Crippen molar-refractivity contribution >= 4 is 9.84 Å². The van der Waals surface area contributed by atoms with Crippen molar-refractivity contribution in [2.24, 2.45) is 0 Å². The standard InChI is InChI=1S/C12H18N2O2S/c1-11(14-9-7-13-8-10-14)17(15,16)12-5-3-2-4-6-12/h2-6,11,13H,7-10H2,1H3. The van der Waals surface area contributed by atoms with Crippen LogP contribution in [0.3, 0.4) is 0 Å². The van der Waals surface area contributed by atoms with Gasteiger partial charge in [-0.3, -0.25) is 4.90 Å². The van der Waals surface area contributed by atoms with Crippen LogP contribution in [0.4, 0.5) is 0 Å². The lowest BCUT2D eigenvalue weighted by molar-refractivity contribution is 0.227. The first-order valence-corrected chi connectivity index (χ1v) is 7.41. The predicted molar refractivity (Wildman–Crippen MR) is 67.5 cm³/mol. The Hall–Kier alpha value is -0.910. The third-order valence-corrected chi connectivity index (χ3v) is 5.31. The molecule has 1 aromatic rings. The molecule has 1 N–H and O–H groups in total. The first-order chi connectivity index (χ1) is 8.12. The van der Waals surface area contributed by atoms with Crippen LogP contribution >= 0.6 is 0 Å². The molecule has 1 aromatic carbocycles. The molecule has 0 bridgehead atoms. The van der Waals surface area contributed by atoms with Crippen LogP contribution in [0.2, 0.25) is 0 Å². The van der Waals surface area contributed by atoms with Gasteiger partial charge in [0.15, 0.2) is 9.84 Å². The zero-order chi connectivity index (χ0) is 12.3. The Kier molecular flexibility index (Phi) is 3.81. The normalized spacial score (nSPS) is 20.1. The fraction of sp³-hybridized carbons (Fsp3) is 0.500. The molecule has 0 radical (unpaired) electrons. The van der Waals surface area contributed by atoms with Crippen molar-refractivity contribution in [2.75, 3.05) is 26.2 Å². The molecule has 0 saturated carbocycles. The summed E-state index contributed by atoms with van der Waals surface area (Å²) in [6.45, 7) is 5.05. The van der Waals surface area contributed by atoms with E-state index >= 15 is 0 Å². The van der Waals surface area contributed by atoms with Gasteiger partial charge in [0.05, 0.1) is 4.90 Å². The number of piperazine rings is 1. The lowest BCUT2D eigenvalue weighted by Crippen LogP contribution is -2.49. The maximum Gasteiger partial charge on any atom is 0.194 e. The summed E-state index contributed by atoms with van der Waals surface area (Å²) in [6.07, 6.45) is 0. The average molecular weight is 254 g/mol. The zero-order valence-electron chi connectivity index (χ0n) is 9.96. The number of rotatable bonds is 3. The van der Waals surface area contributed by atoms with E-state index in [1.807, 2.05) is 11.0 Å². The minimum absolute atomic E-state index is 0.408. The van der Waals surface area contributed by atoms with Crippen LogP contribution in [0.25, 0.3) is 0 Å². The second-order valence-corrected chi connectivity index (χ2v) is 6.49. The van der Waals surface area contributed by atoms with E-state index in [9.17, 15) is 8.42 Å². The Morgan fingerprint density at radius 1 is 1.18 bits per heavy atom. The first kappa shape index (κ1) is 12.5. The third-order valence-electron chi connectivity index (χ3n) is 3.19. The van der Waals surface area contributed by atoms with Gasteiger partial charge >= 0.3 is 0 Å². The van der Waals surface area contributed by atoms with E-state index < -0.39 is 15.2 Å². The number of benzene rings is 1. The molecule has 17 heavy (non-hydrogen) atoms. The summed E-state index contributed by atoms with van der Waals surface area (Å²) in [6, 6.07) is 8.67. The van der Waals surface area contributed by atoms with E-state index in [2.05, 4.69) is 5.32 Å². The van der Waals surface area contributed by atoms with E-state index in [1.54, 1.807) is 31.2 Å². The van der Waals surface area contributed by atoms with Gasteiger partial charge in [0.25, 0.3) is 0 Å². The molecule has 2 rings (SSSR count). The quantitative estimate of drug-likeness (QED) is 0.863. The van der Waals surface area contributed by atoms with Gasteiger partial charge in [-0.2, -0.15) is 0 Å². The summed E-state index contributed by atoms with van der Waals surface area (Å²) in [5.41, 5.74) is 0. The molecule has 1 aliphatic heterocycles. The smallest absolute Gasteiger partial charge is 0.194 e. The third kappa shape index (κ3) is 2.68. The first-order valence-electron chi connectivity index (χ1n) is 5.86. The topological polar surface area (TPSA) is 49.4 Å². The van der Waals surface area contributed by atoms with Crippen molar-refractivity contribution in [1.29, 1.82) is 0 Å². The fourth-order valence-corrected chi connectivity index (χ4v) is 3.58. The maximum atomic E-state index is 12.4. The zero-order valence-corrected chi connectivity index (χ0v) is 10.8. The highest BCUT2D eigenvalue weighted by molar-refractivity contribution is 7.92. The number of hydrogen-bond acceptors (Lipinski definition) is 4. The molecule has 5 heteroatoms. The number of sulfone groups is 1. The number of nitrogens with zero attached hydrogens (tertiary/aromatic N) is 1. The van der Waals surface area contributed by atoms with Crippen LogP contribution in [0.5, 0.6) is 0 Å². The van der Waals surface area contributed by atoms with Gasteiger partial charge in [0.1, 0.15) is 5.37 Å². The monoisotopic (exact) mass is 254 g/mol. The number of hydrogen-bond donors (Lipinski definition) is 1. The Balaban J connectivity index is 2.20. The minimum atomic E-state index is -3.24. The lowest BCUT2D eigenvalue weighted by Gasteiger charge is -2.32. The molecule has 0 aliphatic carbocycles. The Bertz CT molecular complexity index is 453. The summed E-state index contributed by atoms with van der Waals surface area (Å²) in [5, 5.41) is 2.77. The molecule has 0 spiro atoms. The van der Waals surface area contributed by atoms with Gasteiger partial charge in [-0.25, -0.2) is 8.42 Å². The molecule has 0 amide bonds. The minimum Gasteiger partial charge on any atom is -0.314 e. The van der Waals surface area contributed by atoms with E-state index in [-0.39, 0.29) is 0 Å². The summed E-state index contributed by atoms with van der Waals surface area (Å²) in [4.78, 5) is 2.42. The van der Waals surface area contributed by atoms with Crippen LogP contribution in [0, 0.1) is 0 Å². The summed E-state index contributed by atoms with van der Waals surface area (Å²) >= 11 is 0. The molecule has 94 valence electrons. The van der Waals surface area contributed by atoms with Crippen LogP contribution in [0.15, 0.2) is 35.2 Å². The van der Waals surface area contributed by atoms with E-state index in [4.69, 9.17) is 0 Å². The maximum absolute atomic E-state index is 12.4. The highest BCUT2D eigenvalue weighted by atomic mass is 32.2. The second kappa shape index (κ2) is 5.16. The molecule has 1 saturated heterocycles. The lowest BCUT2D eigenvalue weighted by atomic mass is 10.4. The van der Waals surface area contributed by atoms with Gasteiger partial charge < -0.3 is 5.32 Å². The Morgan fingerprint density at radius 3 is 2.35 bits per heavy atom. The van der Waals surface area contributed by atoms with Crippen molar-refractivity contribution < 1.29 is 8.42 Å². The summed E-state index contributed by atoms with van der Waals surface area (Å²) < 4.78 is 24.7. The highest BCUT2D eigenvalue weighted by Gasteiger charge is 2.29. The van der Waals surface area contributed by atoms with Gasteiger partial charge in [0, 0.05) is 26.2 Å². The fourth-order valence-electron chi connectivity index (χ4n) is 2.05. The summed E-state index contributed by atoms with van der Waals surface area (Å²) in [5.74, 6) is 0. The largest absolute Gasteiger partial charge is 0.314 e. The SMILES string of the molecule is CC(N1CCNCC1)S(=O)(=O)c1ccccc1. The van der Waals surface area contributed by atoms with Crippen molar-refractivity contribution in [3.63, 3.8) is 0 Å². The molecule has 1 unspecified atom stereocenters. The second-order valence-electron chi connectivity index (χ2n) is 4.24. The molecular formula is C12H18N2O2S. The Labute approximate surface area is 103 Å². The van der Waals surface area contributed by atoms with Crippen LogP contribution in [-0.4, -0.2) is 44.9 Å². The molecule has 1 aliphatic rings. The van der Waals surface area contributed by atoms with E-state index in [0.29, 0.717) is 4.90 Å². The van der Waals surface area contributed by atoms with Crippen molar-refractivity contribution in [3.8, 4) is 0 Å². The molecule has 1 fully saturated rings. The average Bonchev–Trinajstić information content (AvgIpc) is 2.40. The highest BCUT2D eigenvalue weighted by Crippen LogP contribution is 2.18. The van der Waals surface area contributed by atoms with E-state index in [1.165, 1.54) is 0 Å². The van der Waals surface area contributed by atoms with Crippen molar-refractivity contribution in [2.45, 2.75) is 17.2 Å². The van der Waals surface area contributed by atoms with Crippen molar-refractivity contribution in [1.82, 2.24) is 10.2 Å². The molecule has 4 nitrogen and oxygen atoms in total. The molecule has 0 aromatic heterocycles.